The first-order chi connectivity index (χ1) is 13.0. The largest absolute Gasteiger partial charge is 0.497 e. The normalized spacial score (nSPS) is 11.4. The second kappa shape index (κ2) is 7.92. The van der Waals surface area contributed by atoms with E-state index >= 15 is 0 Å². The van der Waals surface area contributed by atoms with Gasteiger partial charge in [-0.3, -0.25) is 9.93 Å². The molecule has 0 radical (unpaired) electrons. The van der Waals surface area contributed by atoms with Crippen LogP contribution in [0.4, 0.5) is 5.69 Å². The monoisotopic (exact) mass is 383 g/mol. The molecule has 27 heavy (non-hydrogen) atoms. The van der Waals surface area contributed by atoms with Crippen molar-refractivity contribution in [1.29, 1.82) is 0 Å². The Morgan fingerprint density at radius 3 is 2.30 bits per heavy atom. The maximum atomic E-state index is 12.7. The highest BCUT2D eigenvalue weighted by molar-refractivity contribution is 7.92. The molecular formula is C20H19N2O4S+. The van der Waals surface area contributed by atoms with E-state index in [2.05, 4.69) is 4.72 Å². The first kappa shape index (κ1) is 18.5. The number of nitrogens with zero attached hydrogens (tertiary/aromatic N) is 1. The Hall–Kier alpha value is -3.32. The molecule has 3 aromatic rings. The Morgan fingerprint density at radius 1 is 0.963 bits per heavy atom. The number of anilines is 1. The standard InChI is InChI=1S/C20H18N2O4S/c1-26-18-8-10-19(11-9-18)27(24,25)21-20-5-3-2-4-17(20)7-6-16-12-14-22(23)15-13-16/h2-15,23H,1H3/p+1. The lowest BCUT2D eigenvalue weighted by molar-refractivity contribution is -0.904. The van der Waals surface area contributed by atoms with Gasteiger partial charge in [-0.05, 0) is 41.5 Å². The summed E-state index contributed by atoms with van der Waals surface area (Å²) in [5, 5.41) is 9.26. The minimum absolute atomic E-state index is 0.151. The molecule has 0 aliphatic rings. The van der Waals surface area contributed by atoms with Crippen molar-refractivity contribution in [2.75, 3.05) is 11.8 Å². The van der Waals surface area contributed by atoms with E-state index in [0.717, 1.165) is 15.9 Å². The summed E-state index contributed by atoms with van der Waals surface area (Å²) < 4.78 is 34.0. The smallest absolute Gasteiger partial charge is 0.261 e. The Bertz CT molecular complexity index is 1040. The molecule has 3 rings (SSSR count). The zero-order valence-corrected chi connectivity index (χ0v) is 15.4. The first-order valence-corrected chi connectivity index (χ1v) is 9.61. The molecule has 0 unspecified atom stereocenters. The van der Waals surface area contributed by atoms with Crippen molar-refractivity contribution >= 4 is 27.9 Å². The fraction of sp³-hybridized carbons (Fsp3) is 0.0500. The topological polar surface area (TPSA) is 79.5 Å². The highest BCUT2D eigenvalue weighted by atomic mass is 32.2. The summed E-state index contributed by atoms with van der Waals surface area (Å²) in [5.41, 5.74) is 2.06. The predicted octanol–water partition coefficient (Wildman–Crippen LogP) is 3.19. The number of methoxy groups -OCH3 is 1. The highest BCUT2D eigenvalue weighted by Crippen LogP contribution is 2.23. The van der Waals surface area contributed by atoms with E-state index in [-0.39, 0.29) is 4.90 Å². The van der Waals surface area contributed by atoms with E-state index in [1.54, 1.807) is 36.4 Å². The summed E-state index contributed by atoms with van der Waals surface area (Å²) in [7, 11) is -2.20. The first-order valence-electron chi connectivity index (χ1n) is 8.12. The average Bonchev–Trinajstić information content (AvgIpc) is 2.68. The lowest BCUT2D eigenvalue weighted by atomic mass is 10.1. The van der Waals surface area contributed by atoms with Crippen molar-refractivity contribution < 1.29 is 23.1 Å². The van der Waals surface area contributed by atoms with Gasteiger partial charge in [0.15, 0.2) is 0 Å². The van der Waals surface area contributed by atoms with E-state index in [0.29, 0.717) is 11.4 Å². The number of pyridine rings is 1. The van der Waals surface area contributed by atoms with Crippen molar-refractivity contribution in [3.8, 4) is 5.75 Å². The number of sulfonamides is 1. The van der Waals surface area contributed by atoms with Crippen LogP contribution in [0.25, 0.3) is 12.2 Å². The number of ether oxygens (including phenoxy) is 1. The molecule has 7 heteroatoms. The minimum Gasteiger partial charge on any atom is -0.497 e. The fourth-order valence-corrected chi connectivity index (χ4v) is 3.51. The average molecular weight is 383 g/mol. The van der Waals surface area contributed by atoms with Crippen LogP contribution in [0.3, 0.4) is 0 Å². The van der Waals surface area contributed by atoms with Gasteiger partial charge in [0.05, 0.1) is 17.7 Å². The molecule has 0 fully saturated rings. The van der Waals surface area contributed by atoms with Crippen LogP contribution in [0.2, 0.25) is 0 Å². The molecule has 0 saturated heterocycles. The predicted molar refractivity (Wildman–Crippen MR) is 103 cm³/mol. The van der Waals surface area contributed by atoms with Crippen LogP contribution in [-0.2, 0) is 10.0 Å². The number of hydrogen-bond donors (Lipinski definition) is 2. The molecule has 0 saturated carbocycles. The third kappa shape index (κ3) is 4.65. The van der Waals surface area contributed by atoms with E-state index in [9.17, 15) is 13.6 Å². The minimum atomic E-state index is -3.73. The Labute approximate surface area is 158 Å². The molecule has 2 N–H and O–H groups in total. The zero-order chi connectivity index (χ0) is 19.3. The summed E-state index contributed by atoms with van der Waals surface area (Å²) >= 11 is 0. The Morgan fingerprint density at radius 2 is 1.63 bits per heavy atom. The molecule has 1 aromatic heterocycles. The summed E-state index contributed by atoms with van der Waals surface area (Å²) in [6.07, 6.45) is 6.67. The van der Waals surface area contributed by atoms with Gasteiger partial charge in [-0.1, -0.05) is 30.4 Å². The van der Waals surface area contributed by atoms with Gasteiger partial charge >= 0.3 is 0 Å². The second-order valence-electron chi connectivity index (χ2n) is 5.71. The van der Waals surface area contributed by atoms with Gasteiger partial charge < -0.3 is 4.74 Å². The second-order valence-corrected chi connectivity index (χ2v) is 7.40. The van der Waals surface area contributed by atoms with Gasteiger partial charge in [-0.15, -0.1) is 0 Å². The molecular weight excluding hydrogens is 364 g/mol. The maximum absolute atomic E-state index is 12.7. The van der Waals surface area contributed by atoms with Crippen LogP contribution in [0, 0.1) is 0 Å². The number of benzene rings is 2. The van der Waals surface area contributed by atoms with E-state index in [4.69, 9.17) is 4.74 Å². The van der Waals surface area contributed by atoms with E-state index in [1.165, 1.54) is 31.6 Å². The number of nitrogens with one attached hydrogen (secondary N) is 1. The molecule has 0 aliphatic carbocycles. The fourth-order valence-electron chi connectivity index (χ4n) is 2.42. The van der Waals surface area contributed by atoms with Gasteiger partial charge in [0.25, 0.3) is 10.0 Å². The molecule has 0 spiro atoms. The third-order valence-corrected chi connectivity index (χ3v) is 5.25. The summed E-state index contributed by atoms with van der Waals surface area (Å²) in [6, 6.07) is 16.8. The number of aromatic nitrogens is 1. The van der Waals surface area contributed by atoms with E-state index in [1.807, 2.05) is 24.3 Å². The van der Waals surface area contributed by atoms with Crippen LogP contribution in [0.1, 0.15) is 11.1 Å². The van der Waals surface area contributed by atoms with Crippen molar-refractivity contribution in [2.24, 2.45) is 0 Å². The molecule has 1 heterocycles. The molecule has 0 atom stereocenters. The molecule has 0 bridgehead atoms. The third-order valence-electron chi connectivity index (χ3n) is 3.87. The van der Waals surface area contributed by atoms with Crippen molar-refractivity contribution in [2.45, 2.75) is 4.90 Å². The lowest BCUT2D eigenvalue weighted by Gasteiger charge is -2.11. The van der Waals surface area contributed by atoms with Crippen LogP contribution in [0.5, 0.6) is 5.75 Å². The molecule has 138 valence electrons. The lowest BCUT2D eigenvalue weighted by Crippen LogP contribution is -2.27. The number of para-hydroxylation sites is 1. The van der Waals surface area contributed by atoms with Crippen LogP contribution < -0.4 is 14.2 Å². The maximum Gasteiger partial charge on any atom is 0.261 e. The molecule has 2 aromatic carbocycles. The van der Waals surface area contributed by atoms with Crippen molar-refractivity contribution in [1.82, 2.24) is 0 Å². The van der Waals surface area contributed by atoms with Gasteiger partial charge in [0.2, 0.25) is 12.4 Å². The van der Waals surface area contributed by atoms with Crippen LogP contribution in [0.15, 0.2) is 78.0 Å². The van der Waals surface area contributed by atoms with Gasteiger partial charge in [-0.25, -0.2) is 8.42 Å². The van der Waals surface area contributed by atoms with Crippen molar-refractivity contribution in [3.05, 3.63) is 84.2 Å². The molecule has 0 aliphatic heterocycles. The summed E-state index contributed by atoms with van der Waals surface area (Å²) in [5.74, 6) is 0.587. The Kier molecular flexibility index (Phi) is 5.42. The number of hydrogen-bond acceptors (Lipinski definition) is 4. The molecule has 0 amide bonds. The van der Waals surface area contributed by atoms with Crippen LogP contribution >= 0.6 is 0 Å². The Balaban J connectivity index is 1.85. The van der Waals surface area contributed by atoms with Gasteiger partial charge in [-0.2, -0.15) is 0 Å². The summed E-state index contributed by atoms with van der Waals surface area (Å²) in [4.78, 5) is 0.151. The van der Waals surface area contributed by atoms with Gasteiger partial charge in [0.1, 0.15) is 5.75 Å². The van der Waals surface area contributed by atoms with Gasteiger partial charge in [0, 0.05) is 16.9 Å². The van der Waals surface area contributed by atoms with E-state index < -0.39 is 10.0 Å². The zero-order valence-electron chi connectivity index (χ0n) is 14.6. The quantitative estimate of drug-likeness (QED) is 0.506. The molecule has 6 nitrogen and oxygen atoms in total. The highest BCUT2D eigenvalue weighted by Gasteiger charge is 2.15. The van der Waals surface area contributed by atoms with Crippen molar-refractivity contribution in [3.63, 3.8) is 0 Å². The summed E-state index contributed by atoms with van der Waals surface area (Å²) in [6.45, 7) is 0. The SMILES string of the molecule is COc1ccc(S(=O)(=O)Nc2ccccc2C=Cc2cc[n+](O)cc2)cc1. The number of rotatable bonds is 6. The van der Waals surface area contributed by atoms with Crippen LogP contribution in [-0.4, -0.2) is 20.7 Å².